The van der Waals surface area contributed by atoms with Gasteiger partial charge in [-0.15, -0.1) is 0 Å². The molecule has 16 heavy (non-hydrogen) atoms. The fraction of sp³-hybridized carbons (Fsp3) is 0.231. The molecule has 0 saturated heterocycles. The van der Waals surface area contributed by atoms with E-state index in [-0.39, 0.29) is 0 Å². The van der Waals surface area contributed by atoms with Gasteiger partial charge >= 0.3 is 0 Å². The Kier molecular flexibility index (Phi) is 2.80. The minimum atomic E-state index is 0.834. The molecule has 0 aliphatic carbocycles. The molecule has 0 amide bonds. The Labute approximate surface area is 104 Å². The Balaban J connectivity index is 2.98. The van der Waals surface area contributed by atoms with Crippen molar-refractivity contribution in [2.45, 2.75) is 13.8 Å². The van der Waals surface area contributed by atoms with E-state index in [9.17, 15) is 0 Å². The molecule has 0 aromatic heterocycles. The van der Waals surface area contributed by atoms with Crippen LogP contribution in [-0.4, -0.2) is 7.11 Å². The summed E-state index contributed by atoms with van der Waals surface area (Å²) < 4.78 is 6.50. The first-order valence-corrected chi connectivity index (χ1v) is 5.87. The van der Waals surface area contributed by atoms with Gasteiger partial charge in [-0.2, -0.15) is 0 Å². The maximum atomic E-state index is 6.12. The Hall–Kier alpha value is -1.22. The van der Waals surface area contributed by atoms with Gasteiger partial charge in [-0.3, -0.25) is 0 Å². The van der Waals surface area contributed by atoms with Crippen molar-refractivity contribution >= 4 is 32.4 Å². The highest BCUT2D eigenvalue weighted by Crippen LogP contribution is 2.38. The quantitative estimate of drug-likeness (QED) is 0.806. The Morgan fingerprint density at radius 1 is 1.12 bits per heavy atom. The second-order valence-electron chi connectivity index (χ2n) is 3.89. The first kappa shape index (κ1) is 11.3. The average Bonchev–Trinajstić information content (AvgIpc) is 2.27. The van der Waals surface area contributed by atoms with E-state index in [2.05, 4.69) is 15.9 Å². The van der Waals surface area contributed by atoms with Crippen molar-refractivity contribution in [1.82, 2.24) is 0 Å². The maximum absolute atomic E-state index is 6.12. The molecule has 0 unspecified atom stereocenters. The number of methoxy groups -OCH3 is 1. The molecule has 0 spiro atoms. The van der Waals surface area contributed by atoms with Crippen LogP contribution in [0.1, 0.15) is 11.1 Å². The lowest BCUT2D eigenvalue weighted by atomic mass is 9.99. The third-order valence-corrected chi connectivity index (χ3v) is 3.52. The van der Waals surface area contributed by atoms with E-state index in [1.54, 1.807) is 7.11 Å². The van der Waals surface area contributed by atoms with Gasteiger partial charge < -0.3 is 10.5 Å². The second-order valence-corrected chi connectivity index (χ2v) is 4.80. The van der Waals surface area contributed by atoms with Gasteiger partial charge in [0.05, 0.1) is 7.11 Å². The van der Waals surface area contributed by atoms with Crippen LogP contribution < -0.4 is 10.5 Å². The molecule has 2 aromatic rings. The predicted octanol–water partition coefficient (Wildman–Crippen LogP) is 3.81. The van der Waals surface area contributed by atoms with E-state index in [1.165, 1.54) is 0 Å². The summed E-state index contributed by atoms with van der Waals surface area (Å²) in [5.41, 5.74) is 9.15. The number of hydrogen-bond donors (Lipinski definition) is 1. The molecule has 0 bridgehead atoms. The van der Waals surface area contributed by atoms with Gasteiger partial charge in [0.1, 0.15) is 5.75 Å². The SMILES string of the molecule is COc1c(C)c(C)c(N)c2ccc(Br)cc12. The van der Waals surface area contributed by atoms with Crippen LogP contribution >= 0.6 is 15.9 Å². The summed E-state index contributed by atoms with van der Waals surface area (Å²) >= 11 is 3.47. The Bertz CT molecular complexity index is 564. The van der Waals surface area contributed by atoms with Crippen LogP contribution in [0.5, 0.6) is 5.75 Å². The minimum Gasteiger partial charge on any atom is -0.496 e. The smallest absolute Gasteiger partial charge is 0.130 e. The highest BCUT2D eigenvalue weighted by molar-refractivity contribution is 9.10. The lowest BCUT2D eigenvalue weighted by Crippen LogP contribution is -1.98. The van der Waals surface area contributed by atoms with Crippen molar-refractivity contribution in [2.75, 3.05) is 12.8 Å². The van der Waals surface area contributed by atoms with Crippen molar-refractivity contribution in [1.29, 1.82) is 0 Å². The topological polar surface area (TPSA) is 35.2 Å². The van der Waals surface area contributed by atoms with Crippen molar-refractivity contribution in [3.63, 3.8) is 0 Å². The Morgan fingerprint density at radius 2 is 1.81 bits per heavy atom. The van der Waals surface area contributed by atoms with Crippen molar-refractivity contribution in [3.05, 3.63) is 33.8 Å². The molecule has 0 aliphatic rings. The monoisotopic (exact) mass is 279 g/mol. The van der Waals surface area contributed by atoms with E-state index in [1.807, 2.05) is 32.0 Å². The molecular weight excluding hydrogens is 266 g/mol. The van der Waals surface area contributed by atoms with Crippen LogP contribution in [0.15, 0.2) is 22.7 Å². The summed E-state index contributed by atoms with van der Waals surface area (Å²) in [6.07, 6.45) is 0. The number of benzene rings is 2. The molecular formula is C13H14BrNO. The van der Waals surface area contributed by atoms with Gasteiger partial charge in [0.25, 0.3) is 0 Å². The number of halogens is 1. The molecule has 0 saturated carbocycles. The van der Waals surface area contributed by atoms with Crippen molar-refractivity contribution in [3.8, 4) is 5.75 Å². The minimum absolute atomic E-state index is 0.834. The van der Waals surface area contributed by atoms with E-state index in [0.29, 0.717) is 0 Å². The van der Waals surface area contributed by atoms with E-state index in [0.717, 1.165) is 37.8 Å². The van der Waals surface area contributed by atoms with Crippen molar-refractivity contribution in [2.24, 2.45) is 0 Å². The zero-order valence-corrected chi connectivity index (χ0v) is 11.2. The average molecular weight is 280 g/mol. The van der Waals surface area contributed by atoms with Gasteiger partial charge in [-0.25, -0.2) is 0 Å². The van der Waals surface area contributed by atoms with Crippen LogP contribution in [-0.2, 0) is 0 Å². The van der Waals surface area contributed by atoms with Gasteiger partial charge in [0, 0.05) is 20.9 Å². The molecule has 2 aromatic carbocycles. The summed E-state index contributed by atoms with van der Waals surface area (Å²) in [6, 6.07) is 6.05. The number of nitrogens with two attached hydrogens (primary N) is 1. The van der Waals surface area contributed by atoms with E-state index in [4.69, 9.17) is 10.5 Å². The van der Waals surface area contributed by atoms with Crippen molar-refractivity contribution < 1.29 is 4.74 Å². The first-order valence-electron chi connectivity index (χ1n) is 5.08. The van der Waals surface area contributed by atoms with E-state index < -0.39 is 0 Å². The molecule has 0 heterocycles. The fourth-order valence-corrected chi connectivity index (χ4v) is 2.34. The summed E-state index contributed by atoms with van der Waals surface area (Å²) in [5.74, 6) is 0.906. The molecule has 2 nitrogen and oxygen atoms in total. The largest absolute Gasteiger partial charge is 0.496 e. The molecule has 84 valence electrons. The zero-order chi connectivity index (χ0) is 11.9. The molecule has 2 rings (SSSR count). The predicted molar refractivity (Wildman–Crippen MR) is 72.1 cm³/mol. The van der Waals surface area contributed by atoms with Crippen LogP contribution in [0.2, 0.25) is 0 Å². The lowest BCUT2D eigenvalue weighted by Gasteiger charge is -2.15. The van der Waals surface area contributed by atoms with Crippen LogP contribution in [0.3, 0.4) is 0 Å². The lowest BCUT2D eigenvalue weighted by molar-refractivity contribution is 0.416. The highest BCUT2D eigenvalue weighted by Gasteiger charge is 2.12. The summed E-state index contributed by atoms with van der Waals surface area (Å²) in [5, 5.41) is 2.10. The standard InChI is InChI=1S/C13H14BrNO/c1-7-8(2)13(16-3)11-6-9(14)4-5-10(11)12(7)15/h4-6H,15H2,1-3H3. The van der Waals surface area contributed by atoms with Crippen LogP contribution in [0.25, 0.3) is 10.8 Å². The molecule has 0 radical (unpaired) electrons. The third-order valence-electron chi connectivity index (χ3n) is 3.03. The summed E-state index contributed by atoms with van der Waals surface area (Å²) in [4.78, 5) is 0. The molecule has 0 aliphatic heterocycles. The van der Waals surface area contributed by atoms with Crippen LogP contribution in [0.4, 0.5) is 5.69 Å². The Morgan fingerprint density at radius 3 is 2.44 bits per heavy atom. The highest BCUT2D eigenvalue weighted by atomic mass is 79.9. The number of fused-ring (bicyclic) bond motifs is 1. The summed E-state index contributed by atoms with van der Waals surface area (Å²) in [6.45, 7) is 4.06. The fourth-order valence-electron chi connectivity index (χ4n) is 1.98. The number of hydrogen-bond acceptors (Lipinski definition) is 2. The first-order chi connectivity index (χ1) is 7.56. The third kappa shape index (κ3) is 1.55. The van der Waals surface area contributed by atoms with Gasteiger partial charge in [-0.05, 0) is 37.1 Å². The molecule has 0 fully saturated rings. The number of rotatable bonds is 1. The normalized spacial score (nSPS) is 10.8. The second kappa shape index (κ2) is 3.98. The molecule has 3 heteroatoms. The molecule has 2 N–H and O–H groups in total. The number of ether oxygens (including phenoxy) is 1. The van der Waals surface area contributed by atoms with Crippen LogP contribution in [0, 0.1) is 13.8 Å². The van der Waals surface area contributed by atoms with Gasteiger partial charge in [-0.1, -0.05) is 22.0 Å². The molecule has 0 atom stereocenters. The zero-order valence-electron chi connectivity index (χ0n) is 9.60. The number of nitrogen functional groups attached to an aromatic ring is 1. The van der Waals surface area contributed by atoms with Gasteiger partial charge in [0.15, 0.2) is 0 Å². The summed E-state index contributed by atoms with van der Waals surface area (Å²) in [7, 11) is 1.69. The van der Waals surface area contributed by atoms with E-state index >= 15 is 0 Å². The maximum Gasteiger partial charge on any atom is 0.130 e. The number of anilines is 1. The van der Waals surface area contributed by atoms with Gasteiger partial charge in [0.2, 0.25) is 0 Å².